The Hall–Kier alpha value is -1.18. The molecule has 1 saturated carbocycles. The van der Waals surface area contributed by atoms with Crippen LogP contribution in [0, 0.1) is 12.7 Å². The molecule has 112 valence electrons. The highest BCUT2D eigenvalue weighted by molar-refractivity contribution is 7.89. The smallest absolute Gasteiger partial charge is 0.240 e. The molecular formula is C13H20FN3O2S. The summed E-state index contributed by atoms with van der Waals surface area (Å²) in [5.41, 5.74) is 5.62. The maximum absolute atomic E-state index is 13.3. The summed E-state index contributed by atoms with van der Waals surface area (Å²) in [6.45, 7) is 2.53. The number of nitrogens with two attached hydrogens (primary N) is 1. The van der Waals surface area contributed by atoms with Crippen molar-refractivity contribution in [3.63, 3.8) is 0 Å². The SMILES string of the molecule is Cc1cc(F)c(N)cc1S(=O)(=O)NCCN(C)C1CC1. The van der Waals surface area contributed by atoms with E-state index in [2.05, 4.69) is 9.62 Å². The number of halogens is 1. The Morgan fingerprint density at radius 1 is 1.45 bits per heavy atom. The molecule has 3 N–H and O–H groups in total. The number of nitrogen functional groups attached to an aromatic ring is 1. The fourth-order valence-electron chi connectivity index (χ4n) is 2.09. The number of hydrogen-bond acceptors (Lipinski definition) is 4. The Morgan fingerprint density at radius 2 is 2.10 bits per heavy atom. The molecule has 0 heterocycles. The van der Waals surface area contributed by atoms with Crippen molar-refractivity contribution in [1.82, 2.24) is 9.62 Å². The van der Waals surface area contributed by atoms with Crippen LogP contribution in [0.4, 0.5) is 10.1 Å². The van der Waals surface area contributed by atoms with E-state index < -0.39 is 15.8 Å². The molecule has 0 atom stereocenters. The summed E-state index contributed by atoms with van der Waals surface area (Å²) in [7, 11) is -1.68. The van der Waals surface area contributed by atoms with Crippen molar-refractivity contribution in [1.29, 1.82) is 0 Å². The van der Waals surface area contributed by atoms with Gasteiger partial charge in [-0.05, 0) is 44.5 Å². The fraction of sp³-hybridized carbons (Fsp3) is 0.538. The number of nitrogens with one attached hydrogen (secondary N) is 1. The van der Waals surface area contributed by atoms with Crippen LogP contribution in [0.1, 0.15) is 18.4 Å². The summed E-state index contributed by atoms with van der Waals surface area (Å²) in [6, 6.07) is 2.89. The molecule has 0 aliphatic heterocycles. The van der Waals surface area contributed by atoms with Gasteiger partial charge in [-0.25, -0.2) is 17.5 Å². The maximum atomic E-state index is 13.3. The standard InChI is InChI=1S/C13H20FN3O2S/c1-9-7-11(14)12(15)8-13(9)20(18,19)16-5-6-17(2)10-3-4-10/h7-8,10,16H,3-6,15H2,1-2H3. The normalized spacial score (nSPS) is 15.8. The Balaban J connectivity index is 2.04. The van der Waals surface area contributed by atoms with Crippen molar-refractivity contribution in [3.8, 4) is 0 Å². The highest BCUT2D eigenvalue weighted by Gasteiger charge is 2.26. The number of nitrogens with zero attached hydrogens (tertiary/aromatic N) is 1. The molecule has 1 aromatic rings. The van der Waals surface area contributed by atoms with Gasteiger partial charge in [0, 0.05) is 19.1 Å². The number of sulfonamides is 1. The lowest BCUT2D eigenvalue weighted by molar-refractivity contribution is 0.329. The molecule has 0 unspecified atom stereocenters. The second kappa shape index (κ2) is 5.67. The number of anilines is 1. The minimum atomic E-state index is -3.65. The zero-order chi connectivity index (χ0) is 14.9. The van der Waals surface area contributed by atoms with E-state index in [0.29, 0.717) is 24.7 Å². The first-order valence-electron chi connectivity index (χ1n) is 6.57. The molecule has 0 bridgehead atoms. The van der Waals surface area contributed by atoms with Gasteiger partial charge in [0.05, 0.1) is 10.6 Å². The summed E-state index contributed by atoms with van der Waals surface area (Å²) >= 11 is 0. The maximum Gasteiger partial charge on any atom is 0.240 e. The van der Waals surface area contributed by atoms with Crippen molar-refractivity contribution < 1.29 is 12.8 Å². The Labute approximate surface area is 119 Å². The Bertz CT molecular complexity index is 600. The largest absolute Gasteiger partial charge is 0.396 e. The second-order valence-corrected chi connectivity index (χ2v) is 6.98. The summed E-state index contributed by atoms with van der Waals surface area (Å²) in [5, 5.41) is 0. The first-order valence-corrected chi connectivity index (χ1v) is 8.05. The number of likely N-dealkylation sites (N-methyl/N-ethyl adjacent to an activating group) is 1. The van der Waals surface area contributed by atoms with Crippen LogP contribution in [0.15, 0.2) is 17.0 Å². The Kier molecular flexibility index (Phi) is 4.31. The van der Waals surface area contributed by atoms with E-state index in [4.69, 9.17) is 5.73 Å². The van der Waals surface area contributed by atoms with E-state index in [0.717, 1.165) is 12.1 Å². The van der Waals surface area contributed by atoms with E-state index in [9.17, 15) is 12.8 Å². The van der Waals surface area contributed by atoms with Crippen LogP contribution >= 0.6 is 0 Å². The van der Waals surface area contributed by atoms with Crippen molar-refractivity contribution in [2.45, 2.75) is 30.7 Å². The lowest BCUT2D eigenvalue weighted by Crippen LogP contribution is -2.34. The van der Waals surface area contributed by atoms with E-state index in [1.807, 2.05) is 7.05 Å². The van der Waals surface area contributed by atoms with Crippen LogP contribution < -0.4 is 10.5 Å². The van der Waals surface area contributed by atoms with Crippen LogP contribution in [0.5, 0.6) is 0 Å². The summed E-state index contributed by atoms with van der Waals surface area (Å²) in [4.78, 5) is 2.17. The first-order chi connectivity index (χ1) is 9.31. The van der Waals surface area contributed by atoms with E-state index >= 15 is 0 Å². The quantitative estimate of drug-likeness (QED) is 0.771. The van der Waals surface area contributed by atoms with Gasteiger partial charge in [0.1, 0.15) is 5.82 Å². The third kappa shape index (κ3) is 3.47. The molecule has 1 aromatic carbocycles. The van der Waals surface area contributed by atoms with Crippen molar-refractivity contribution in [3.05, 3.63) is 23.5 Å². The van der Waals surface area contributed by atoms with Gasteiger partial charge >= 0.3 is 0 Å². The lowest BCUT2D eigenvalue weighted by atomic mass is 10.2. The Morgan fingerprint density at radius 3 is 2.70 bits per heavy atom. The molecule has 20 heavy (non-hydrogen) atoms. The van der Waals surface area contributed by atoms with Gasteiger partial charge in [-0.15, -0.1) is 0 Å². The molecule has 1 aliphatic carbocycles. The topological polar surface area (TPSA) is 75.4 Å². The fourth-order valence-corrected chi connectivity index (χ4v) is 3.37. The van der Waals surface area contributed by atoms with Gasteiger partial charge in [-0.1, -0.05) is 0 Å². The summed E-state index contributed by atoms with van der Waals surface area (Å²) in [6.07, 6.45) is 2.35. The molecule has 0 spiro atoms. The lowest BCUT2D eigenvalue weighted by Gasteiger charge is -2.16. The van der Waals surface area contributed by atoms with Crippen LogP contribution in [0.3, 0.4) is 0 Å². The van der Waals surface area contributed by atoms with Crippen molar-refractivity contribution in [2.24, 2.45) is 0 Å². The molecule has 7 heteroatoms. The molecule has 1 fully saturated rings. The predicted octanol–water partition coefficient (Wildman–Crippen LogP) is 1.09. The predicted molar refractivity (Wildman–Crippen MR) is 76.4 cm³/mol. The van der Waals surface area contributed by atoms with Gasteiger partial charge in [0.25, 0.3) is 0 Å². The minimum absolute atomic E-state index is 0.0328. The zero-order valence-corrected chi connectivity index (χ0v) is 12.5. The molecular weight excluding hydrogens is 281 g/mol. The van der Waals surface area contributed by atoms with Crippen LogP contribution in [0.2, 0.25) is 0 Å². The van der Waals surface area contributed by atoms with E-state index in [-0.39, 0.29) is 10.6 Å². The first kappa shape index (κ1) is 15.2. The van der Waals surface area contributed by atoms with Gasteiger partial charge in [0.2, 0.25) is 10.0 Å². The average Bonchev–Trinajstić information content (AvgIpc) is 3.17. The van der Waals surface area contributed by atoms with Gasteiger partial charge in [-0.3, -0.25) is 0 Å². The van der Waals surface area contributed by atoms with Crippen LogP contribution in [-0.2, 0) is 10.0 Å². The molecule has 0 saturated heterocycles. The minimum Gasteiger partial charge on any atom is -0.396 e. The third-order valence-corrected chi connectivity index (χ3v) is 5.11. The molecule has 5 nitrogen and oxygen atoms in total. The van der Waals surface area contributed by atoms with E-state index in [1.54, 1.807) is 6.92 Å². The molecule has 1 aliphatic rings. The average molecular weight is 301 g/mol. The van der Waals surface area contributed by atoms with E-state index in [1.165, 1.54) is 12.8 Å². The second-order valence-electron chi connectivity index (χ2n) is 5.25. The van der Waals surface area contributed by atoms with Gasteiger partial charge in [0.15, 0.2) is 0 Å². The monoisotopic (exact) mass is 301 g/mol. The number of benzene rings is 1. The zero-order valence-electron chi connectivity index (χ0n) is 11.7. The highest BCUT2D eigenvalue weighted by Crippen LogP contribution is 2.25. The number of hydrogen-bond donors (Lipinski definition) is 2. The van der Waals surface area contributed by atoms with Crippen LogP contribution in [0.25, 0.3) is 0 Å². The summed E-state index contributed by atoms with van der Waals surface area (Å²) in [5.74, 6) is -0.602. The molecule has 0 radical (unpaired) electrons. The molecule has 0 aromatic heterocycles. The summed E-state index contributed by atoms with van der Waals surface area (Å²) < 4.78 is 40.1. The number of aryl methyl sites for hydroxylation is 1. The number of rotatable bonds is 6. The van der Waals surface area contributed by atoms with Gasteiger partial charge in [-0.2, -0.15) is 0 Å². The van der Waals surface area contributed by atoms with Gasteiger partial charge < -0.3 is 10.6 Å². The van der Waals surface area contributed by atoms with Crippen LogP contribution in [-0.4, -0.2) is 39.5 Å². The molecule has 0 amide bonds. The van der Waals surface area contributed by atoms with Crippen molar-refractivity contribution >= 4 is 15.7 Å². The molecule has 2 rings (SSSR count). The highest BCUT2D eigenvalue weighted by atomic mass is 32.2. The third-order valence-electron chi connectivity index (χ3n) is 3.51. The van der Waals surface area contributed by atoms with Crippen molar-refractivity contribution in [2.75, 3.05) is 25.9 Å².